The summed E-state index contributed by atoms with van der Waals surface area (Å²) in [4.78, 5) is 30.1. The molecule has 1 atom stereocenters. The second kappa shape index (κ2) is 9.78. The molecule has 0 aliphatic heterocycles. The van der Waals surface area contributed by atoms with E-state index < -0.39 is 6.04 Å². The Bertz CT molecular complexity index is 763. The van der Waals surface area contributed by atoms with Crippen molar-refractivity contribution < 1.29 is 14.0 Å². The lowest BCUT2D eigenvalue weighted by Gasteiger charge is -2.23. The van der Waals surface area contributed by atoms with Gasteiger partial charge in [-0.1, -0.05) is 18.2 Å². The number of carbonyl (C=O) groups is 2. The molecule has 0 bridgehead atoms. The standard InChI is InChI=1S/C20H25FN4O2/c1-14-4-9-18(23-12-14)24-19(26)13-25(3)15(2)20(27)22-11-10-16-5-7-17(21)8-6-16/h4-9,12,15H,10-11,13H2,1-3H3,(H,22,27)(H,23,24,26). The van der Waals surface area contributed by atoms with Crippen LogP contribution in [-0.4, -0.2) is 47.9 Å². The normalized spacial score (nSPS) is 11.9. The van der Waals surface area contributed by atoms with E-state index in [1.54, 1.807) is 43.3 Å². The van der Waals surface area contributed by atoms with Crippen molar-refractivity contribution in [1.82, 2.24) is 15.2 Å². The summed E-state index contributed by atoms with van der Waals surface area (Å²) in [5.41, 5.74) is 1.96. The largest absolute Gasteiger partial charge is 0.354 e. The number of aryl methyl sites for hydroxylation is 1. The smallest absolute Gasteiger partial charge is 0.239 e. The van der Waals surface area contributed by atoms with E-state index in [0.29, 0.717) is 18.8 Å². The minimum Gasteiger partial charge on any atom is -0.354 e. The van der Waals surface area contributed by atoms with Crippen LogP contribution in [0.2, 0.25) is 0 Å². The highest BCUT2D eigenvalue weighted by molar-refractivity contribution is 5.92. The van der Waals surface area contributed by atoms with Gasteiger partial charge in [0.05, 0.1) is 12.6 Å². The van der Waals surface area contributed by atoms with Gasteiger partial charge in [0.2, 0.25) is 11.8 Å². The Hall–Kier alpha value is -2.80. The Morgan fingerprint density at radius 3 is 2.52 bits per heavy atom. The molecule has 1 aromatic carbocycles. The second-order valence-corrected chi connectivity index (χ2v) is 6.53. The molecule has 2 N–H and O–H groups in total. The predicted octanol–water partition coefficient (Wildman–Crippen LogP) is 2.15. The first-order valence-corrected chi connectivity index (χ1v) is 8.80. The molecule has 0 saturated heterocycles. The third kappa shape index (κ3) is 6.79. The maximum absolute atomic E-state index is 12.9. The minimum atomic E-state index is -0.463. The molecule has 0 aliphatic carbocycles. The van der Waals surface area contributed by atoms with Crippen LogP contribution in [0, 0.1) is 12.7 Å². The second-order valence-electron chi connectivity index (χ2n) is 6.53. The van der Waals surface area contributed by atoms with Crippen LogP contribution < -0.4 is 10.6 Å². The van der Waals surface area contributed by atoms with Crippen molar-refractivity contribution >= 4 is 17.6 Å². The minimum absolute atomic E-state index is 0.0715. The van der Waals surface area contributed by atoms with Crippen LogP contribution in [-0.2, 0) is 16.0 Å². The van der Waals surface area contributed by atoms with Gasteiger partial charge in [0, 0.05) is 12.7 Å². The van der Waals surface area contributed by atoms with Gasteiger partial charge >= 0.3 is 0 Å². The maximum Gasteiger partial charge on any atom is 0.239 e. The quantitative estimate of drug-likeness (QED) is 0.745. The summed E-state index contributed by atoms with van der Waals surface area (Å²) in [6, 6.07) is 9.32. The van der Waals surface area contributed by atoms with Crippen LogP contribution in [0.15, 0.2) is 42.6 Å². The average molecular weight is 372 g/mol. The number of rotatable bonds is 8. The van der Waals surface area contributed by atoms with Gasteiger partial charge < -0.3 is 10.6 Å². The molecule has 7 heteroatoms. The lowest BCUT2D eigenvalue weighted by atomic mass is 10.1. The summed E-state index contributed by atoms with van der Waals surface area (Å²) in [5, 5.41) is 5.55. The Morgan fingerprint density at radius 2 is 1.89 bits per heavy atom. The first kappa shape index (κ1) is 20.5. The number of halogens is 1. The van der Waals surface area contributed by atoms with E-state index in [1.165, 1.54) is 12.1 Å². The Balaban J connectivity index is 1.74. The van der Waals surface area contributed by atoms with Crippen LogP contribution in [0.4, 0.5) is 10.2 Å². The zero-order chi connectivity index (χ0) is 19.8. The van der Waals surface area contributed by atoms with E-state index in [-0.39, 0.29) is 24.2 Å². The summed E-state index contributed by atoms with van der Waals surface area (Å²) >= 11 is 0. The van der Waals surface area contributed by atoms with Gasteiger partial charge in [0.15, 0.2) is 0 Å². The topological polar surface area (TPSA) is 74.3 Å². The van der Waals surface area contributed by atoms with Crippen LogP contribution >= 0.6 is 0 Å². The number of benzene rings is 1. The van der Waals surface area contributed by atoms with Gasteiger partial charge in [-0.2, -0.15) is 0 Å². The summed E-state index contributed by atoms with van der Waals surface area (Å²) in [5.74, 6) is -0.201. The molecule has 6 nitrogen and oxygen atoms in total. The summed E-state index contributed by atoms with van der Waals surface area (Å²) < 4.78 is 12.9. The van der Waals surface area contributed by atoms with Gasteiger partial charge in [-0.15, -0.1) is 0 Å². The maximum atomic E-state index is 12.9. The van der Waals surface area contributed by atoms with Crippen LogP contribution in [0.25, 0.3) is 0 Å². The summed E-state index contributed by atoms with van der Waals surface area (Å²) in [6.45, 7) is 4.18. The number of nitrogens with zero attached hydrogens (tertiary/aromatic N) is 2. The van der Waals surface area contributed by atoms with E-state index in [1.807, 2.05) is 13.0 Å². The number of hydrogen-bond acceptors (Lipinski definition) is 4. The van der Waals surface area contributed by atoms with Gasteiger partial charge in [-0.3, -0.25) is 14.5 Å². The molecular formula is C20H25FN4O2. The van der Waals surface area contributed by atoms with E-state index in [2.05, 4.69) is 15.6 Å². The predicted molar refractivity (Wildman–Crippen MR) is 103 cm³/mol. The number of amides is 2. The Kier molecular flexibility index (Phi) is 7.43. The van der Waals surface area contributed by atoms with Crippen LogP contribution in [0.1, 0.15) is 18.1 Å². The highest BCUT2D eigenvalue weighted by atomic mass is 19.1. The van der Waals surface area contributed by atoms with Gasteiger partial charge in [0.1, 0.15) is 11.6 Å². The molecule has 2 aromatic rings. The molecule has 2 amide bonds. The van der Waals surface area contributed by atoms with Crippen molar-refractivity contribution in [2.45, 2.75) is 26.3 Å². The molecular weight excluding hydrogens is 347 g/mol. The number of pyridine rings is 1. The third-order valence-electron chi connectivity index (χ3n) is 4.24. The zero-order valence-corrected chi connectivity index (χ0v) is 15.8. The van der Waals surface area contributed by atoms with Gasteiger partial charge in [-0.25, -0.2) is 9.37 Å². The highest BCUT2D eigenvalue weighted by Crippen LogP contribution is 2.05. The van der Waals surface area contributed by atoms with Crippen molar-refractivity contribution in [1.29, 1.82) is 0 Å². The number of carbonyl (C=O) groups excluding carboxylic acids is 2. The van der Waals surface area contributed by atoms with Crippen LogP contribution in [0.3, 0.4) is 0 Å². The SMILES string of the molecule is Cc1ccc(NC(=O)CN(C)C(C)C(=O)NCCc2ccc(F)cc2)nc1. The molecule has 0 spiro atoms. The first-order valence-electron chi connectivity index (χ1n) is 8.80. The summed E-state index contributed by atoms with van der Waals surface area (Å²) in [6.07, 6.45) is 2.29. The molecule has 0 saturated carbocycles. The van der Waals surface area contributed by atoms with Crippen molar-refractivity contribution in [3.05, 3.63) is 59.5 Å². The van der Waals surface area contributed by atoms with Crippen LogP contribution in [0.5, 0.6) is 0 Å². The van der Waals surface area contributed by atoms with E-state index >= 15 is 0 Å². The molecule has 1 aromatic heterocycles. The van der Waals surface area contributed by atoms with Crippen molar-refractivity contribution in [3.63, 3.8) is 0 Å². The van der Waals surface area contributed by atoms with Gasteiger partial charge in [-0.05, 0) is 56.6 Å². The van der Waals surface area contributed by atoms with E-state index in [0.717, 1.165) is 11.1 Å². The highest BCUT2D eigenvalue weighted by Gasteiger charge is 2.20. The third-order valence-corrected chi connectivity index (χ3v) is 4.24. The van der Waals surface area contributed by atoms with E-state index in [4.69, 9.17) is 0 Å². The number of nitrogens with one attached hydrogen (secondary N) is 2. The molecule has 144 valence electrons. The lowest BCUT2D eigenvalue weighted by molar-refractivity contribution is -0.126. The fourth-order valence-electron chi connectivity index (χ4n) is 2.42. The molecule has 0 fully saturated rings. The van der Waals surface area contributed by atoms with Crippen molar-refractivity contribution in [2.24, 2.45) is 0 Å². The molecule has 2 rings (SSSR count). The average Bonchev–Trinajstić information content (AvgIpc) is 2.64. The monoisotopic (exact) mass is 372 g/mol. The number of anilines is 1. The molecule has 1 heterocycles. The first-order chi connectivity index (χ1) is 12.8. The lowest BCUT2D eigenvalue weighted by Crippen LogP contribution is -2.46. The Labute approximate surface area is 158 Å². The molecule has 27 heavy (non-hydrogen) atoms. The zero-order valence-electron chi connectivity index (χ0n) is 15.8. The number of hydrogen-bond donors (Lipinski definition) is 2. The van der Waals surface area contributed by atoms with Crippen molar-refractivity contribution in [3.8, 4) is 0 Å². The Morgan fingerprint density at radius 1 is 1.19 bits per heavy atom. The molecule has 0 aliphatic rings. The number of aromatic nitrogens is 1. The fourth-order valence-corrected chi connectivity index (χ4v) is 2.42. The van der Waals surface area contributed by atoms with Gasteiger partial charge in [0.25, 0.3) is 0 Å². The van der Waals surface area contributed by atoms with E-state index in [9.17, 15) is 14.0 Å². The summed E-state index contributed by atoms with van der Waals surface area (Å²) in [7, 11) is 1.71. The fraction of sp³-hybridized carbons (Fsp3) is 0.350. The molecule has 1 unspecified atom stereocenters. The number of likely N-dealkylation sites (N-methyl/N-ethyl adjacent to an activating group) is 1. The van der Waals surface area contributed by atoms with Crippen molar-refractivity contribution in [2.75, 3.05) is 25.5 Å². The molecule has 0 radical (unpaired) electrons.